The molecule has 1 aromatic heterocycles. The number of carbonyl (C=O) groups is 2. The van der Waals surface area contributed by atoms with E-state index < -0.39 is 5.41 Å². The summed E-state index contributed by atoms with van der Waals surface area (Å²) < 4.78 is 0. The van der Waals surface area contributed by atoms with Crippen molar-refractivity contribution in [2.45, 2.75) is 25.3 Å². The molecule has 0 unspecified atom stereocenters. The van der Waals surface area contributed by atoms with Gasteiger partial charge in [-0.15, -0.1) is 11.3 Å². The van der Waals surface area contributed by atoms with Gasteiger partial charge in [0.05, 0.1) is 11.3 Å². The van der Waals surface area contributed by atoms with Crippen molar-refractivity contribution in [1.29, 1.82) is 0 Å². The Labute approximate surface area is 168 Å². The number of aromatic nitrogens is 1. The highest BCUT2D eigenvalue weighted by Gasteiger charge is 2.53. The summed E-state index contributed by atoms with van der Waals surface area (Å²) in [5.74, 6) is 0.242. The molecule has 2 aromatic rings. The van der Waals surface area contributed by atoms with Gasteiger partial charge in [-0.25, -0.2) is 4.98 Å². The van der Waals surface area contributed by atoms with Crippen LogP contribution in [0.2, 0.25) is 0 Å². The van der Waals surface area contributed by atoms with Crippen LogP contribution in [0, 0.1) is 11.3 Å². The Kier molecular flexibility index (Phi) is 4.34. The second kappa shape index (κ2) is 6.88. The van der Waals surface area contributed by atoms with Crippen LogP contribution in [-0.4, -0.2) is 53.9 Å². The largest absolute Gasteiger partial charge is 0.351 e. The van der Waals surface area contributed by atoms with Crippen molar-refractivity contribution in [2.24, 2.45) is 11.3 Å². The topological polar surface area (TPSA) is 65.5 Å². The number of fused-ring (bicyclic) bond motifs is 4. The molecule has 0 spiro atoms. The summed E-state index contributed by atoms with van der Waals surface area (Å²) in [6.45, 7) is 2.55. The van der Waals surface area contributed by atoms with E-state index in [4.69, 9.17) is 0 Å². The van der Waals surface area contributed by atoms with Gasteiger partial charge in [0.15, 0.2) is 5.13 Å². The lowest BCUT2D eigenvalue weighted by Gasteiger charge is -2.50. The molecule has 2 amide bonds. The summed E-state index contributed by atoms with van der Waals surface area (Å²) in [7, 11) is 0. The highest BCUT2D eigenvalue weighted by atomic mass is 32.1. The van der Waals surface area contributed by atoms with Crippen LogP contribution in [0.25, 0.3) is 0 Å². The SMILES string of the molecule is O=C1N[C@H]2CC[C@@H]1CN(C(=O)C1(Cc3ccccc3)CN(c3nccs3)C1)C2. The van der Waals surface area contributed by atoms with Crippen LogP contribution < -0.4 is 10.2 Å². The van der Waals surface area contributed by atoms with E-state index in [1.165, 1.54) is 5.56 Å². The quantitative estimate of drug-likeness (QED) is 0.858. The molecule has 6 nitrogen and oxygen atoms in total. The Morgan fingerprint density at radius 3 is 2.75 bits per heavy atom. The Morgan fingerprint density at radius 2 is 2.04 bits per heavy atom. The van der Waals surface area contributed by atoms with Gasteiger partial charge >= 0.3 is 0 Å². The van der Waals surface area contributed by atoms with Gasteiger partial charge in [0, 0.05) is 43.8 Å². The number of hydrogen-bond acceptors (Lipinski definition) is 5. The summed E-state index contributed by atoms with van der Waals surface area (Å²) in [6, 6.07) is 10.3. The minimum Gasteiger partial charge on any atom is -0.351 e. The molecule has 1 aromatic carbocycles. The molecule has 4 aliphatic rings. The van der Waals surface area contributed by atoms with Crippen molar-refractivity contribution in [3.8, 4) is 0 Å². The van der Waals surface area contributed by atoms with E-state index in [1.54, 1.807) is 11.3 Å². The second-order valence-corrected chi connectivity index (χ2v) is 9.18. The van der Waals surface area contributed by atoms with Gasteiger partial charge < -0.3 is 15.1 Å². The van der Waals surface area contributed by atoms with Crippen LogP contribution in [0.15, 0.2) is 41.9 Å². The Hall–Kier alpha value is -2.41. The number of nitrogens with zero attached hydrogens (tertiary/aromatic N) is 3. The molecular formula is C21H24N4O2S. The number of amides is 2. The maximum atomic E-state index is 13.7. The van der Waals surface area contributed by atoms with Crippen LogP contribution in [0.4, 0.5) is 5.13 Å². The van der Waals surface area contributed by atoms with E-state index in [1.807, 2.05) is 34.7 Å². The van der Waals surface area contributed by atoms with Gasteiger partial charge in [0.1, 0.15) is 0 Å². The van der Waals surface area contributed by atoms with E-state index in [0.29, 0.717) is 26.2 Å². The maximum absolute atomic E-state index is 13.7. The fourth-order valence-electron chi connectivity index (χ4n) is 4.84. The predicted molar refractivity (Wildman–Crippen MR) is 108 cm³/mol. The van der Waals surface area contributed by atoms with Crippen LogP contribution in [-0.2, 0) is 16.0 Å². The first-order valence-electron chi connectivity index (χ1n) is 9.91. The van der Waals surface area contributed by atoms with Gasteiger partial charge in [-0.3, -0.25) is 9.59 Å². The number of piperidine rings is 1. The molecule has 28 heavy (non-hydrogen) atoms. The van der Waals surface area contributed by atoms with E-state index >= 15 is 0 Å². The van der Waals surface area contributed by atoms with Gasteiger partial charge in [-0.05, 0) is 24.8 Å². The van der Waals surface area contributed by atoms with Crippen molar-refractivity contribution in [2.75, 3.05) is 31.1 Å². The molecule has 5 heterocycles. The van der Waals surface area contributed by atoms with Crippen molar-refractivity contribution in [3.63, 3.8) is 0 Å². The highest BCUT2D eigenvalue weighted by molar-refractivity contribution is 7.13. The first kappa shape index (κ1) is 17.7. The predicted octanol–water partition coefficient (Wildman–Crippen LogP) is 1.93. The minimum atomic E-state index is -0.445. The molecule has 4 saturated heterocycles. The summed E-state index contributed by atoms with van der Waals surface area (Å²) in [5.41, 5.74) is 0.737. The molecule has 4 fully saturated rings. The minimum absolute atomic E-state index is 0.0633. The average Bonchev–Trinajstić information content (AvgIpc) is 3.06. The number of thiazole rings is 1. The van der Waals surface area contributed by atoms with E-state index in [2.05, 4.69) is 27.3 Å². The number of benzene rings is 1. The highest BCUT2D eigenvalue weighted by Crippen LogP contribution is 2.40. The summed E-state index contributed by atoms with van der Waals surface area (Å²) in [6.07, 6.45) is 4.39. The molecular weight excluding hydrogens is 372 g/mol. The molecule has 7 heteroatoms. The third kappa shape index (κ3) is 3.07. The number of nitrogens with one attached hydrogen (secondary N) is 1. The number of hydrogen-bond donors (Lipinski definition) is 1. The third-order valence-corrected chi connectivity index (χ3v) is 7.10. The van der Waals surface area contributed by atoms with Crippen LogP contribution in [0.5, 0.6) is 0 Å². The van der Waals surface area contributed by atoms with E-state index in [0.717, 1.165) is 24.4 Å². The van der Waals surface area contributed by atoms with Crippen LogP contribution >= 0.6 is 11.3 Å². The second-order valence-electron chi connectivity index (χ2n) is 8.30. The van der Waals surface area contributed by atoms with Gasteiger partial charge in [-0.1, -0.05) is 30.3 Å². The normalized spacial score (nSPS) is 25.8. The summed E-state index contributed by atoms with van der Waals surface area (Å²) >= 11 is 1.61. The first-order valence-corrected chi connectivity index (χ1v) is 10.8. The number of rotatable bonds is 4. The summed E-state index contributed by atoms with van der Waals surface area (Å²) in [4.78, 5) is 34.5. The van der Waals surface area contributed by atoms with Gasteiger partial charge in [-0.2, -0.15) is 0 Å². The zero-order valence-electron chi connectivity index (χ0n) is 15.7. The molecule has 146 valence electrons. The van der Waals surface area contributed by atoms with E-state index in [9.17, 15) is 9.59 Å². The Morgan fingerprint density at radius 1 is 1.21 bits per heavy atom. The lowest BCUT2D eigenvalue weighted by atomic mass is 9.73. The summed E-state index contributed by atoms with van der Waals surface area (Å²) in [5, 5.41) is 6.03. The first-order chi connectivity index (χ1) is 13.6. The monoisotopic (exact) mass is 396 g/mol. The fraction of sp³-hybridized carbons (Fsp3) is 0.476. The van der Waals surface area contributed by atoms with Gasteiger partial charge in [0.2, 0.25) is 11.8 Å². The lowest BCUT2D eigenvalue weighted by Crippen LogP contribution is -2.65. The molecule has 1 N–H and O–H groups in total. The average molecular weight is 397 g/mol. The Bertz CT molecular complexity index is 864. The van der Waals surface area contributed by atoms with Crippen LogP contribution in [0.1, 0.15) is 18.4 Å². The molecule has 0 aliphatic carbocycles. The van der Waals surface area contributed by atoms with Crippen molar-refractivity contribution < 1.29 is 9.59 Å². The molecule has 0 radical (unpaired) electrons. The third-order valence-electron chi connectivity index (χ3n) is 6.27. The lowest BCUT2D eigenvalue weighted by molar-refractivity contribution is -0.144. The smallest absolute Gasteiger partial charge is 0.232 e. The molecule has 2 bridgehead atoms. The van der Waals surface area contributed by atoms with Crippen molar-refractivity contribution >= 4 is 28.3 Å². The van der Waals surface area contributed by atoms with Crippen molar-refractivity contribution in [1.82, 2.24) is 15.2 Å². The zero-order chi connectivity index (χ0) is 19.1. The Balaban J connectivity index is 1.40. The van der Waals surface area contributed by atoms with Gasteiger partial charge in [0.25, 0.3) is 0 Å². The fourth-order valence-corrected chi connectivity index (χ4v) is 5.49. The van der Waals surface area contributed by atoms with E-state index in [-0.39, 0.29) is 23.8 Å². The molecule has 4 aliphatic heterocycles. The van der Waals surface area contributed by atoms with Crippen LogP contribution in [0.3, 0.4) is 0 Å². The number of anilines is 1. The van der Waals surface area contributed by atoms with Crippen molar-refractivity contribution in [3.05, 3.63) is 47.5 Å². The maximum Gasteiger partial charge on any atom is 0.232 e. The molecule has 6 rings (SSSR count). The standard InChI is InChI=1S/C21H24N4O2S/c26-18-16-6-7-17(23-18)12-24(11-16)19(27)21(10-15-4-2-1-3-5-15)13-25(14-21)20-22-8-9-28-20/h1-5,8-9,16-17H,6-7,10-14H2,(H,23,26)/t16-,17+/m1/s1. The zero-order valence-corrected chi connectivity index (χ0v) is 16.5. The molecule has 0 saturated carbocycles. The number of carbonyl (C=O) groups excluding carboxylic acids is 2. The molecule has 2 atom stereocenters.